The topological polar surface area (TPSA) is 29.3 Å². The van der Waals surface area contributed by atoms with Gasteiger partial charge in [-0.25, -0.2) is 0 Å². The Morgan fingerprint density at radius 3 is 1.77 bits per heavy atom. The monoisotopic (exact) mass is 796 g/mol. The summed E-state index contributed by atoms with van der Waals surface area (Å²) < 4.78 is 6.32. The zero-order valence-electron chi connectivity index (χ0n) is 34.6. The number of rotatable bonds is 10. The number of hydrogen-bond acceptors (Lipinski definition) is 3. The molecule has 0 radical (unpaired) electrons. The van der Waals surface area contributed by atoms with Crippen molar-refractivity contribution in [2.45, 2.75) is 18.8 Å². The Kier molecular flexibility index (Phi) is 9.24. The summed E-state index contributed by atoms with van der Waals surface area (Å²) in [5.74, 6) is 0.172. The molecule has 0 saturated heterocycles. The van der Waals surface area contributed by atoms with E-state index in [9.17, 15) is 0 Å². The Balaban J connectivity index is 1.02. The summed E-state index contributed by atoms with van der Waals surface area (Å²) in [6, 6.07) is 68.5. The van der Waals surface area contributed by atoms with Gasteiger partial charge < -0.3 is 9.32 Å². The van der Waals surface area contributed by atoms with Crippen molar-refractivity contribution in [2.24, 2.45) is 5.92 Å². The number of pyridine rings is 1. The molecule has 3 heteroatoms. The van der Waals surface area contributed by atoms with Crippen LogP contribution in [0.4, 0.5) is 17.1 Å². The second-order valence-corrected chi connectivity index (χ2v) is 16.3. The molecule has 8 aromatic carbocycles. The largest absolute Gasteiger partial charge is 0.456 e. The quantitative estimate of drug-likeness (QED) is 0.129. The highest BCUT2D eigenvalue weighted by Crippen LogP contribution is 2.57. The first kappa shape index (κ1) is 37.3. The van der Waals surface area contributed by atoms with Crippen molar-refractivity contribution in [1.29, 1.82) is 0 Å². The normalized spacial score (nSPS) is 13.4. The van der Waals surface area contributed by atoms with E-state index < -0.39 is 0 Å². The third-order valence-corrected chi connectivity index (χ3v) is 12.9. The number of nitrogens with zero attached hydrogens (tertiary/aromatic N) is 2. The van der Waals surface area contributed by atoms with Crippen molar-refractivity contribution in [3.05, 3.63) is 242 Å². The van der Waals surface area contributed by atoms with Crippen LogP contribution in [0.5, 0.6) is 0 Å². The number of fused-ring (bicyclic) bond motifs is 7. The minimum Gasteiger partial charge on any atom is -0.456 e. The summed E-state index contributed by atoms with van der Waals surface area (Å²) in [7, 11) is 0. The van der Waals surface area contributed by atoms with Crippen LogP contribution in [-0.2, 0) is 5.41 Å². The molecule has 0 bridgehead atoms. The maximum atomic E-state index is 6.32. The highest BCUT2D eigenvalue weighted by atomic mass is 16.3. The van der Waals surface area contributed by atoms with Crippen molar-refractivity contribution in [1.82, 2.24) is 4.98 Å². The summed E-state index contributed by atoms with van der Waals surface area (Å²) >= 11 is 0. The number of anilines is 3. The summed E-state index contributed by atoms with van der Waals surface area (Å²) in [5, 5.41) is 4.42. The van der Waals surface area contributed by atoms with Crippen molar-refractivity contribution >= 4 is 49.8 Å². The van der Waals surface area contributed by atoms with Crippen LogP contribution in [0.3, 0.4) is 0 Å². The van der Waals surface area contributed by atoms with Gasteiger partial charge in [-0.2, -0.15) is 0 Å². The summed E-state index contributed by atoms with van der Waals surface area (Å²) in [5.41, 5.74) is 15.8. The van der Waals surface area contributed by atoms with Crippen LogP contribution in [0.15, 0.2) is 230 Å². The lowest BCUT2D eigenvalue weighted by Gasteiger charge is -2.39. The standard InChI is InChI=1S/C59H44N2O/c1-3-12-46(13-4-2)59(55-18-10-8-16-51(55)52-17-9-11-19-56(52)59)47-25-31-50(32-26-47)61(48-27-20-41(21-28-48)40-14-6-5-7-15-40)49-29-22-42(23-30-49)43-24-33-57-53(36-43)54-37-45-39-60-35-34-44(45)38-58(54)62-57/h3-11,13-39,46H,1,12H2,2H3/b13-4-. The summed E-state index contributed by atoms with van der Waals surface area (Å²) in [6.07, 6.45) is 11.2. The second-order valence-electron chi connectivity index (χ2n) is 16.3. The molecule has 2 heterocycles. The second kappa shape index (κ2) is 15.4. The number of benzene rings is 8. The maximum Gasteiger partial charge on any atom is 0.136 e. The molecule has 296 valence electrons. The molecular weight excluding hydrogens is 753 g/mol. The molecule has 1 unspecified atom stereocenters. The van der Waals surface area contributed by atoms with Crippen LogP contribution in [0.25, 0.3) is 66.1 Å². The molecular formula is C59H44N2O. The van der Waals surface area contributed by atoms with E-state index in [1.807, 2.05) is 18.5 Å². The van der Waals surface area contributed by atoms with Gasteiger partial charge in [0.1, 0.15) is 11.2 Å². The average molecular weight is 797 g/mol. The van der Waals surface area contributed by atoms with E-state index in [1.165, 1.54) is 38.9 Å². The van der Waals surface area contributed by atoms with Crippen LogP contribution >= 0.6 is 0 Å². The number of hydrogen-bond donors (Lipinski definition) is 0. The fourth-order valence-electron chi connectivity index (χ4n) is 10.1. The average Bonchev–Trinajstić information content (AvgIpc) is 3.84. The van der Waals surface area contributed by atoms with Crippen molar-refractivity contribution in [3.63, 3.8) is 0 Å². The highest BCUT2D eigenvalue weighted by molar-refractivity contribution is 6.11. The lowest BCUT2D eigenvalue weighted by Crippen LogP contribution is -2.35. The smallest absolute Gasteiger partial charge is 0.136 e. The van der Waals surface area contributed by atoms with E-state index in [2.05, 4.69) is 224 Å². The zero-order valence-corrected chi connectivity index (χ0v) is 34.6. The van der Waals surface area contributed by atoms with E-state index in [0.29, 0.717) is 0 Å². The molecule has 3 nitrogen and oxygen atoms in total. The van der Waals surface area contributed by atoms with E-state index in [-0.39, 0.29) is 11.3 Å². The third-order valence-electron chi connectivity index (χ3n) is 12.9. The first-order valence-corrected chi connectivity index (χ1v) is 21.4. The van der Waals surface area contributed by atoms with Crippen LogP contribution in [0.2, 0.25) is 0 Å². The molecule has 1 aliphatic carbocycles. The predicted molar refractivity (Wildman–Crippen MR) is 259 cm³/mol. The lowest BCUT2D eigenvalue weighted by atomic mass is 9.63. The highest BCUT2D eigenvalue weighted by Gasteiger charge is 2.48. The van der Waals surface area contributed by atoms with Crippen molar-refractivity contribution in [2.75, 3.05) is 4.90 Å². The minimum absolute atomic E-state index is 0.172. The van der Waals surface area contributed by atoms with Crippen LogP contribution in [0.1, 0.15) is 30.0 Å². The third kappa shape index (κ3) is 6.08. The fraction of sp³-hybridized carbons (Fsp3) is 0.0678. The van der Waals surface area contributed by atoms with Gasteiger partial charge in [-0.15, -0.1) is 6.58 Å². The summed E-state index contributed by atoms with van der Waals surface area (Å²) in [6.45, 7) is 6.36. The molecule has 10 aromatic rings. The lowest BCUT2D eigenvalue weighted by molar-refractivity contribution is 0.460. The SMILES string of the molecule is C=CCC(/C=C\C)C1(c2ccc(N(c3ccc(-c4ccccc4)cc3)c3ccc(-c4ccc5oc6cc7ccncc7cc6c5c4)cc3)cc2)c2ccccc2-c2ccccc21. The van der Waals surface area contributed by atoms with E-state index in [4.69, 9.17) is 4.42 Å². The van der Waals surface area contributed by atoms with Gasteiger partial charge in [0.15, 0.2) is 0 Å². The Morgan fingerprint density at radius 2 is 1.13 bits per heavy atom. The van der Waals surface area contributed by atoms with Gasteiger partial charge in [0.25, 0.3) is 0 Å². The Hall–Kier alpha value is -7.75. The molecule has 0 N–H and O–H groups in total. The van der Waals surface area contributed by atoms with Crippen molar-refractivity contribution < 1.29 is 4.42 Å². The molecule has 2 aromatic heterocycles. The Bertz CT molecular complexity index is 3240. The van der Waals surface area contributed by atoms with Crippen LogP contribution < -0.4 is 4.90 Å². The summed E-state index contributed by atoms with van der Waals surface area (Å²) in [4.78, 5) is 6.72. The van der Waals surface area contributed by atoms with Gasteiger partial charge in [-0.05, 0) is 141 Å². The predicted octanol–water partition coefficient (Wildman–Crippen LogP) is 16.0. The first-order valence-electron chi connectivity index (χ1n) is 21.4. The zero-order chi connectivity index (χ0) is 41.6. The molecule has 11 rings (SSSR count). The van der Waals surface area contributed by atoms with Gasteiger partial charge in [0, 0.05) is 45.6 Å². The molecule has 1 aliphatic rings. The van der Waals surface area contributed by atoms with Gasteiger partial charge in [-0.1, -0.05) is 140 Å². The Morgan fingerprint density at radius 1 is 0.565 bits per heavy atom. The number of aromatic nitrogens is 1. The molecule has 0 amide bonds. The maximum absolute atomic E-state index is 6.32. The minimum atomic E-state index is -0.387. The number of allylic oxidation sites excluding steroid dienone is 3. The van der Waals surface area contributed by atoms with Crippen molar-refractivity contribution in [3.8, 4) is 33.4 Å². The molecule has 0 fully saturated rings. The van der Waals surface area contributed by atoms with Gasteiger partial charge in [0.05, 0.1) is 5.41 Å². The molecule has 1 atom stereocenters. The van der Waals surface area contributed by atoms with E-state index in [0.717, 1.165) is 67.3 Å². The molecule has 0 saturated carbocycles. The van der Waals surface area contributed by atoms with Crippen LogP contribution in [-0.4, -0.2) is 4.98 Å². The van der Waals surface area contributed by atoms with Gasteiger partial charge in [0.2, 0.25) is 0 Å². The van der Waals surface area contributed by atoms with E-state index in [1.54, 1.807) is 0 Å². The van der Waals surface area contributed by atoms with Crippen LogP contribution in [0, 0.1) is 5.92 Å². The molecule has 0 aliphatic heterocycles. The number of furan rings is 1. The fourth-order valence-corrected chi connectivity index (χ4v) is 10.1. The van der Waals surface area contributed by atoms with Gasteiger partial charge >= 0.3 is 0 Å². The van der Waals surface area contributed by atoms with Gasteiger partial charge in [-0.3, -0.25) is 4.98 Å². The van der Waals surface area contributed by atoms with E-state index >= 15 is 0 Å². The first-order chi connectivity index (χ1) is 30.6. The Labute approximate surface area is 362 Å². The molecule has 0 spiro atoms. The molecule has 62 heavy (non-hydrogen) atoms.